The number of amides is 2. The predicted octanol–water partition coefficient (Wildman–Crippen LogP) is 8.41. The standard InChI is InChI=1S/C43H40N8O/c1-3-30-50(41-39(24-15-29-45-41)46-42(52)44-2)31-32-25-27-33(28-26-32)37-22-13-14-23-38(37)40-47-48-49-51(40)43(34-16-7-4-8-17-34,35-18-9-5-10-19-35)36-20-11-6-12-21-36/h4-29H,3,30-31H2,1-2H3,(H2,44,46,52). The Morgan fingerprint density at radius 3 is 1.87 bits per heavy atom. The molecule has 2 N–H and O–H groups in total. The summed E-state index contributed by atoms with van der Waals surface area (Å²) in [6, 6.07) is 51.6. The lowest BCUT2D eigenvalue weighted by atomic mass is 9.77. The fourth-order valence-electron chi connectivity index (χ4n) is 6.89. The van der Waals surface area contributed by atoms with Crippen LogP contribution in [0.4, 0.5) is 16.3 Å². The van der Waals surface area contributed by atoms with Crippen molar-refractivity contribution in [1.82, 2.24) is 30.5 Å². The molecular weight excluding hydrogens is 645 g/mol. The first kappa shape index (κ1) is 33.9. The van der Waals surface area contributed by atoms with Gasteiger partial charge in [-0.2, -0.15) is 0 Å². The van der Waals surface area contributed by atoms with E-state index in [9.17, 15) is 4.79 Å². The fourth-order valence-corrected chi connectivity index (χ4v) is 6.89. The van der Waals surface area contributed by atoms with Gasteiger partial charge < -0.3 is 15.5 Å². The number of benzene rings is 5. The smallest absolute Gasteiger partial charge is 0.319 e. The first-order valence-corrected chi connectivity index (χ1v) is 17.5. The quantitative estimate of drug-likeness (QED) is 0.125. The zero-order valence-electron chi connectivity index (χ0n) is 29.2. The number of carbonyl (C=O) groups is 1. The third-order valence-corrected chi connectivity index (χ3v) is 9.22. The van der Waals surface area contributed by atoms with Crippen molar-refractivity contribution in [3.63, 3.8) is 0 Å². The van der Waals surface area contributed by atoms with Crippen molar-refractivity contribution >= 4 is 17.5 Å². The lowest BCUT2D eigenvalue weighted by Gasteiger charge is -2.36. The highest BCUT2D eigenvalue weighted by atomic mass is 16.2. The first-order chi connectivity index (χ1) is 25.6. The molecule has 0 unspecified atom stereocenters. The molecular formula is C43H40N8O. The zero-order valence-corrected chi connectivity index (χ0v) is 29.2. The molecule has 52 heavy (non-hydrogen) atoms. The Balaban J connectivity index is 1.29. The van der Waals surface area contributed by atoms with Gasteiger partial charge >= 0.3 is 6.03 Å². The van der Waals surface area contributed by atoms with E-state index in [2.05, 4.69) is 142 Å². The number of rotatable bonds is 12. The highest BCUT2D eigenvalue weighted by Crippen LogP contribution is 2.43. The second-order valence-electron chi connectivity index (χ2n) is 12.5. The maximum atomic E-state index is 12.2. The molecule has 9 heteroatoms. The Morgan fingerprint density at radius 2 is 1.29 bits per heavy atom. The van der Waals surface area contributed by atoms with Gasteiger partial charge in [0.15, 0.2) is 11.6 Å². The molecule has 0 saturated heterocycles. The molecule has 0 aliphatic carbocycles. The number of carbonyl (C=O) groups excluding carboxylic acids is 1. The van der Waals surface area contributed by atoms with Crippen molar-refractivity contribution in [3.05, 3.63) is 180 Å². The highest BCUT2D eigenvalue weighted by molar-refractivity contribution is 5.92. The summed E-state index contributed by atoms with van der Waals surface area (Å²) in [7, 11) is 1.60. The summed E-state index contributed by atoms with van der Waals surface area (Å²) in [6.45, 7) is 3.54. The molecule has 2 heterocycles. The van der Waals surface area contributed by atoms with Gasteiger partial charge in [0.2, 0.25) is 0 Å². The second kappa shape index (κ2) is 15.5. The van der Waals surface area contributed by atoms with Crippen LogP contribution in [0.5, 0.6) is 0 Å². The molecule has 5 aromatic carbocycles. The van der Waals surface area contributed by atoms with Gasteiger partial charge in [-0.1, -0.05) is 146 Å². The van der Waals surface area contributed by atoms with Crippen molar-refractivity contribution in [2.45, 2.75) is 25.4 Å². The van der Waals surface area contributed by atoms with Gasteiger partial charge in [-0.3, -0.25) is 0 Å². The topological polar surface area (TPSA) is 101 Å². The molecule has 0 aliphatic heterocycles. The minimum absolute atomic E-state index is 0.284. The summed E-state index contributed by atoms with van der Waals surface area (Å²) in [4.78, 5) is 19.0. The average Bonchev–Trinajstić information content (AvgIpc) is 3.70. The molecule has 0 saturated carbocycles. The van der Waals surface area contributed by atoms with Crippen LogP contribution >= 0.6 is 0 Å². The SMILES string of the molecule is CCCN(Cc1ccc(-c2ccccc2-c2nnnn2C(c2ccccc2)(c2ccccc2)c2ccccc2)cc1)c1ncccc1NC(=O)NC. The number of pyridine rings is 1. The molecule has 258 valence electrons. The number of nitrogens with zero attached hydrogens (tertiary/aromatic N) is 6. The molecule has 0 spiro atoms. The normalized spacial score (nSPS) is 11.2. The summed E-state index contributed by atoms with van der Waals surface area (Å²) in [6.07, 6.45) is 2.68. The lowest BCUT2D eigenvalue weighted by molar-refractivity contribution is 0.254. The van der Waals surface area contributed by atoms with Gasteiger partial charge in [-0.25, -0.2) is 14.5 Å². The number of nitrogens with one attached hydrogen (secondary N) is 2. The van der Waals surface area contributed by atoms with Crippen LogP contribution in [-0.2, 0) is 12.1 Å². The summed E-state index contributed by atoms with van der Waals surface area (Å²) in [5, 5.41) is 19.3. The van der Waals surface area contributed by atoms with E-state index in [1.807, 2.05) is 47.1 Å². The molecule has 0 bridgehead atoms. The molecule has 2 amide bonds. The van der Waals surface area contributed by atoms with Crippen molar-refractivity contribution in [1.29, 1.82) is 0 Å². The third kappa shape index (κ3) is 6.64. The zero-order chi connectivity index (χ0) is 35.8. The van der Waals surface area contributed by atoms with Gasteiger partial charge in [-0.05, 0) is 62.4 Å². The van der Waals surface area contributed by atoms with E-state index in [4.69, 9.17) is 10.3 Å². The van der Waals surface area contributed by atoms with Crippen LogP contribution in [0, 0.1) is 0 Å². The van der Waals surface area contributed by atoms with Gasteiger partial charge in [0.1, 0.15) is 5.54 Å². The Kier molecular flexibility index (Phi) is 10.1. The number of urea groups is 1. The fraction of sp³-hybridized carbons (Fsp3) is 0.140. The molecule has 0 radical (unpaired) electrons. The second-order valence-corrected chi connectivity index (χ2v) is 12.5. The van der Waals surface area contributed by atoms with E-state index in [1.54, 1.807) is 13.2 Å². The number of anilines is 2. The van der Waals surface area contributed by atoms with Crippen LogP contribution in [0.2, 0.25) is 0 Å². The van der Waals surface area contributed by atoms with Gasteiger partial charge in [0.05, 0.1) is 5.69 Å². The van der Waals surface area contributed by atoms with Crippen LogP contribution in [0.25, 0.3) is 22.5 Å². The van der Waals surface area contributed by atoms with Crippen molar-refractivity contribution in [3.8, 4) is 22.5 Å². The van der Waals surface area contributed by atoms with Crippen molar-refractivity contribution < 1.29 is 4.79 Å². The number of hydrogen-bond acceptors (Lipinski definition) is 6. The summed E-state index contributed by atoms with van der Waals surface area (Å²) < 4.78 is 1.97. The van der Waals surface area contributed by atoms with Gasteiger partial charge in [0.25, 0.3) is 0 Å². The van der Waals surface area contributed by atoms with Crippen LogP contribution in [-0.4, -0.2) is 44.8 Å². The average molecular weight is 685 g/mol. The van der Waals surface area contributed by atoms with Crippen LogP contribution in [0.15, 0.2) is 158 Å². The Labute approximate surface area is 304 Å². The molecule has 0 fully saturated rings. The van der Waals surface area contributed by atoms with Crippen molar-refractivity contribution in [2.24, 2.45) is 0 Å². The first-order valence-electron chi connectivity index (χ1n) is 17.5. The lowest BCUT2D eigenvalue weighted by Crippen LogP contribution is -2.39. The van der Waals surface area contributed by atoms with Crippen molar-refractivity contribution in [2.75, 3.05) is 23.8 Å². The van der Waals surface area contributed by atoms with Gasteiger partial charge in [0, 0.05) is 31.9 Å². The van der Waals surface area contributed by atoms with Crippen LogP contribution < -0.4 is 15.5 Å². The van der Waals surface area contributed by atoms with Crippen LogP contribution in [0.3, 0.4) is 0 Å². The maximum absolute atomic E-state index is 12.2. The Bertz CT molecular complexity index is 2120. The number of tetrazole rings is 1. The molecule has 7 rings (SSSR count). The van der Waals surface area contributed by atoms with Gasteiger partial charge in [-0.15, -0.1) is 5.10 Å². The summed E-state index contributed by atoms with van der Waals surface area (Å²) in [5.41, 5.74) is 7.02. The Hall–Kier alpha value is -6.61. The van der Waals surface area contributed by atoms with E-state index in [0.717, 1.165) is 57.7 Å². The molecule has 0 aliphatic rings. The minimum atomic E-state index is -0.862. The number of hydrogen-bond donors (Lipinski definition) is 2. The van der Waals surface area contributed by atoms with E-state index >= 15 is 0 Å². The maximum Gasteiger partial charge on any atom is 0.319 e. The molecule has 0 atom stereocenters. The summed E-state index contributed by atoms with van der Waals surface area (Å²) in [5.74, 6) is 1.38. The monoisotopic (exact) mass is 684 g/mol. The highest BCUT2D eigenvalue weighted by Gasteiger charge is 2.42. The van der Waals surface area contributed by atoms with E-state index in [1.165, 1.54) is 0 Å². The third-order valence-electron chi connectivity index (χ3n) is 9.22. The molecule has 7 aromatic rings. The van der Waals surface area contributed by atoms with E-state index in [0.29, 0.717) is 18.1 Å². The van der Waals surface area contributed by atoms with Crippen LogP contribution in [0.1, 0.15) is 35.6 Å². The molecule has 9 nitrogen and oxygen atoms in total. The van der Waals surface area contributed by atoms with E-state index < -0.39 is 5.54 Å². The largest absolute Gasteiger partial charge is 0.351 e. The van der Waals surface area contributed by atoms with E-state index in [-0.39, 0.29) is 6.03 Å². The molecule has 2 aromatic heterocycles. The Morgan fingerprint density at radius 1 is 0.712 bits per heavy atom. The number of aromatic nitrogens is 5. The summed E-state index contributed by atoms with van der Waals surface area (Å²) >= 11 is 0. The predicted molar refractivity (Wildman–Crippen MR) is 207 cm³/mol. The minimum Gasteiger partial charge on any atom is -0.351 e.